The summed E-state index contributed by atoms with van der Waals surface area (Å²) in [6.45, 7) is 5.00. The summed E-state index contributed by atoms with van der Waals surface area (Å²) in [5.74, 6) is 0.998. The van der Waals surface area contributed by atoms with Gasteiger partial charge in [0.25, 0.3) is 0 Å². The van der Waals surface area contributed by atoms with Crippen LogP contribution in [0.1, 0.15) is 29.5 Å². The van der Waals surface area contributed by atoms with Gasteiger partial charge < -0.3 is 10.5 Å². The molecule has 0 unspecified atom stereocenters. The Balaban J connectivity index is 2.77. The minimum absolute atomic E-state index is 0.780. The molecule has 0 aliphatic rings. The lowest BCUT2D eigenvalue weighted by Crippen LogP contribution is -2.00. The number of unbranched alkanes of at least 4 members (excludes halogenated alkanes) is 1. The Kier molecular flexibility index (Phi) is 4.63. The van der Waals surface area contributed by atoms with Gasteiger partial charge in [0, 0.05) is 0 Å². The summed E-state index contributed by atoms with van der Waals surface area (Å²) >= 11 is 0. The zero-order valence-electron chi connectivity index (χ0n) is 9.97. The van der Waals surface area contributed by atoms with Crippen molar-refractivity contribution in [1.82, 2.24) is 0 Å². The van der Waals surface area contributed by atoms with E-state index >= 15 is 0 Å². The van der Waals surface area contributed by atoms with Crippen LogP contribution in [-0.4, -0.2) is 13.7 Å². The molecule has 0 spiro atoms. The first-order chi connectivity index (χ1) is 7.19. The fourth-order valence-electron chi connectivity index (χ4n) is 1.73. The van der Waals surface area contributed by atoms with Gasteiger partial charge in [-0.3, -0.25) is 0 Å². The third-order valence-corrected chi connectivity index (χ3v) is 2.82. The predicted molar refractivity (Wildman–Crippen MR) is 64.5 cm³/mol. The number of aryl methyl sites for hydroxylation is 2. The molecule has 2 heteroatoms. The second-order valence-electron chi connectivity index (χ2n) is 3.99. The van der Waals surface area contributed by atoms with Crippen LogP contribution in [0.2, 0.25) is 0 Å². The van der Waals surface area contributed by atoms with E-state index in [0.717, 1.165) is 31.6 Å². The lowest BCUT2D eigenvalue weighted by atomic mass is 10.0. The van der Waals surface area contributed by atoms with Crippen LogP contribution in [0.4, 0.5) is 0 Å². The molecule has 0 fully saturated rings. The summed E-state index contributed by atoms with van der Waals surface area (Å²) in [6, 6.07) is 4.38. The van der Waals surface area contributed by atoms with Gasteiger partial charge in [-0.15, -0.1) is 0 Å². The van der Waals surface area contributed by atoms with Crippen LogP contribution in [0.5, 0.6) is 5.75 Å². The molecule has 0 aliphatic carbocycles. The second kappa shape index (κ2) is 5.76. The number of ether oxygens (including phenoxy) is 1. The van der Waals surface area contributed by atoms with Crippen molar-refractivity contribution in [3.63, 3.8) is 0 Å². The van der Waals surface area contributed by atoms with Crippen molar-refractivity contribution in [3.05, 3.63) is 28.8 Å². The van der Waals surface area contributed by atoms with Crippen molar-refractivity contribution < 1.29 is 4.74 Å². The summed E-state index contributed by atoms with van der Waals surface area (Å²) in [5, 5.41) is 0. The maximum absolute atomic E-state index is 5.48. The molecule has 0 aromatic heterocycles. The van der Waals surface area contributed by atoms with E-state index in [2.05, 4.69) is 26.0 Å². The van der Waals surface area contributed by atoms with E-state index in [-0.39, 0.29) is 0 Å². The Morgan fingerprint density at radius 3 is 2.53 bits per heavy atom. The highest BCUT2D eigenvalue weighted by molar-refractivity contribution is 5.42. The number of hydrogen-bond acceptors (Lipinski definition) is 2. The molecule has 1 aromatic carbocycles. The van der Waals surface area contributed by atoms with Gasteiger partial charge in [-0.1, -0.05) is 6.07 Å². The largest absolute Gasteiger partial charge is 0.496 e. The van der Waals surface area contributed by atoms with Gasteiger partial charge in [-0.05, 0) is 62.4 Å². The molecule has 15 heavy (non-hydrogen) atoms. The number of hydrogen-bond donors (Lipinski definition) is 1. The SMILES string of the molecule is COc1cc(CCCCN)cc(C)c1C. The summed E-state index contributed by atoms with van der Waals surface area (Å²) in [5.41, 5.74) is 9.37. The number of nitrogens with two attached hydrogens (primary N) is 1. The molecule has 1 rings (SSSR count). The van der Waals surface area contributed by atoms with Crippen molar-refractivity contribution in [3.8, 4) is 5.75 Å². The summed E-state index contributed by atoms with van der Waals surface area (Å²) in [6.07, 6.45) is 3.34. The van der Waals surface area contributed by atoms with Gasteiger partial charge in [0.1, 0.15) is 5.75 Å². The van der Waals surface area contributed by atoms with Crippen molar-refractivity contribution in [1.29, 1.82) is 0 Å². The molecule has 1 aromatic rings. The van der Waals surface area contributed by atoms with Gasteiger partial charge in [0.2, 0.25) is 0 Å². The third kappa shape index (κ3) is 3.24. The van der Waals surface area contributed by atoms with Crippen molar-refractivity contribution >= 4 is 0 Å². The van der Waals surface area contributed by atoms with Crippen LogP contribution >= 0.6 is 0 Å². The Hall–Kier alpha value is -1.02. The smallest absolute Gasteiger partial charge is 0.122 e. The Morgan fingerprint density at radius 1 is 1.20 bits per heavy atom. The molecule has 0 saturated carbocycles. The molecule has 0 saturated heterocycles. The fraction of sp³-hybridized carbons (Fsp3) is 0.538. The predicted octanol–water partition coefficient (Wildman–Crippen LogP) is 2.59. The van der Waals surface area contributed by atoms with Gasteiger partial charge in [0.05, 0.1) is 7.11 Å². The Labute approximate surface area is 92.4 Å². The first-order valence-corrected chi connectivity index (χ1v) is 5.53. The van der Waals surface area contributed by atoms with Crippen molar-refractivity contribution in [2.75, 3.05) is 13.7 Å². The Morgan fingerprint density at radius 2 is 1.93 bits per heavy atom. The van der Waals surface area contributed by atoms with E-state index in [1.54, 1.807) is 7.11 Å². The minimum Gasteiger partial charge on any atom is -0.496 e. The van der Waals surface area contributed by atoms with Crippen LogP contribution in [0.25, 0.3) is 0 Å². The van der Waals surface area contributed by atoms with Crippen LogP contribution < -0.4 is 10.5 Å². The summed E-state index contributed by atoms with van der Waals surface area (Å²) in [4.78, 5) is 0. The quantitative estimate of drug-likeness (QED) is 0.753. The maximum atomic E-state index is 5.48. The molecule has 0 atom stereocenters. The highest BCUT2D eigenvalue weighted by Crippen LogP contribution is 2.23. The normalized spacial score (nSPS) is 10.4. The van der Waals surface area contributed by atoms with Crippen molar-refractivity contribution in [2.45, 2.75) is 33.1 Å². The van der Waals surface area contributed by atoms with Gasteiger partial charge in [-0.2, -0.15) is 0 Å². The first kappa shape index (κ1) is 12.1. The van der Waals surface area contributed by atoms with E-state index < -0.39 is 0 Å². The molecule has 2 N–H and O–H groups in total. The summed E-state index contributed by atoms with van der Waals surface area (Å²) < 4.78 is 5.35. The highest BCUT2D eigenvalue weighted by atomic mass is 16.5. The molecule has 2 nitrogen and oxygen atoms in total. The van der Waals surface area contributed by atoms with Gasteiger partial charge in [-0.25, -0.2) is 0 Å². The molecule has 0 amide bonds. The molecule has 0 heterocycles. The van der Waals surface area contributed by atoms with Crippen molar-refractivity contribution in [2.24, 2.45) is 5.73 Å². The Bertz CT molecular complexity index is 321. The average molecular weight is 207 g/mol. The third-order valence-electron chi connectivity index (χ3n) is 2.82. The van der Waals surface area contributed by atoms with Gasteiger partial charge >= 0.3 is 0 Å². The maximum Gasteiger partial charge on any atom is 0.122 e. The van der Waals surface area contributed by atoms with Crippen LogP contribution in [0.3, 0.4) is 0 Å². The van der Waals surface area contributed by atoms with Crippen LogP contribution in [-0.2, 0) is 6.42 Å². The molecule has 0 bridgehead atoms. The van der Waals surface area contributed by atoms with E-state index in [9.17, 15) is 0 Å². The molecular weight excluding hydrogens is 186 g/mol. The van der Waals surface area contributed by atoms with E-state index in [1.807, 2.05) is 0 Å². The number of benzene rings is 1. The van der Waals surface area contributed by atoms with E-state index in [0.29, 0.717) is 0 Å². The topological polar surface area (TPSA) is 35.2 Å². The molecule has 0 aliphatic heterocycles. The highest BCUT2D eigenvalue weighted by Gasteiger charge is 2.04. The van der Waals surface area contributed by atoms with E-state index in [1.165, 1.54) is 16.7 Å². The second-order valence-corrected chi connectivity index (χ2v) is 3.99. The lowest BCUT2D eigenvalue weighted by Gasteiger charge is -2.10. The molecule has 0 radical (unpaired) electrons. The average Bonchev–Trinajstić information content (AvgIpc) is 2.23. The first-order valence-electron chi connectivity index (χ1n) is 5.53. The lowest BCUT2D eigenvalue weighted by molar-refractivity contribution is 0.410. The minimum atomic E-state index is 0.780. The molecular formula is C13H21NO. The zero-order chi connectivity index (χ0) is 11.3. The number of rotatable bonds is 5. The zero-order valence-corrected chi connectivity index (χ0v) is 9.97. The monoisotopic (exact) mass is 207 g/mol. The fourth-order valence-corrected chi connectivity index (χ4v) is 1.73. The van der Waals surface area contributed by atoms with E-state index in [4.69, 9.17) is 10.5 Å². The van der Waals surface area contributed by atoms with Gasteiger partial charge in [0.15, 0.2) is 0 Å². The standard InChI is InChI=1S/C13H21NO/c1-10-8-12(6-4-5-7-14)9-13(15-3)11(10)2/h8-9H,4-7,14H2,1-3H3. The summed E-state index contributed by atoms with van der Waals surface area (Å²) in [7, 11) is 1.73. The van der Waals surface area contributed by atoms with Crippen LogP contribution in [0, 0.1) is 13.8 Å². The molecule has 84 valence electrons. The number of methoxy groups -OCH3 is 1. The van der Waals surface area contributed by atoms with Crippen LogP contribution in [0.15, 0.2) is 12.1 Å².